The minimum Gasteiger partial charge on any atom is -0.505 e. The summed E-state index contributed by atoms with van der Waals surface area (Å²) in [6.07, 6.45) is -0.289. The van der Waals surface area contributed by atoms with Crippen LogP contribution in [0.4, 0.5) is 23.7 Å². The number of anilines is 1. The van der Waals surface area contributed by atoms with Crippen LogP contribution in [0.1, 0.15) is 30.7 Å². The van der Waals surface area contributed by atoms with E-state index in [1.165, 1.54) is 47.4 Å². The predicted octanol–water partition coefficient (Wildman–Crippen LogP) is 5.04. The van der Waals surface area contributed by atoms with E-state index in [4.69, 9.17) is 10.00 Å². The molecule has 3 amide bonds. The number of benzene rings is 2. The summed E-state index contributed by atoms with van der Waals surface area (Å²) in [7, 11) is 1.41. The summed E-state index contributed by atoms with van der Waals surface area (Å²) in [5.41, 5.74) is -0.886. The van der Waals surface area contributed by atoms with E-state index in [-0.39, 0.29) is 12.2 Å². The molecule has 1 saturated heterocycles. The van der Waals surface area contributed by atoms with Gasteiger partial charge in [0.25, 0.3) is 0 Å². The fraction of sp³-hybridized carbons (Fsp3) is 0.259. The number of carbonyl (C=O) groups is 2. The second kappa shape index (κ2) is 10.0. The van der Waals surface area contributed by atoms with Crippen molar-refractivity contribution in [3.8, 4) is 11.8 Å². The van der Waals surface area contributed by atoms with Crippen LogP contribution in [-0.4, -0.2) is 46.3 Å². The van der Waals surface area contributed by atoms with E-state index >= 15 is 0 Å². The van der Waals surface area contributed by atoms with Crippen LogP contribution >= 0.6 is 0 Å². The van der Waals surface area contributed by atoms with Crippen LogP contribution in [0.25, 0.3) is 5.69 Å². The van der Waals surface area contributed by atoms with Crippen LogP contribution in [0.2, 0.25) is 0 Å². The van der Waals surface area contributed by atoms with Gasteiger partial charge in [0.15, 0.2) is 0 Å². The van der Waals surface area contributed by atoms with E-state index < -0.39 is 35.1 Å². The fourth-order valence-corrected chi connectivity index (χ4v) is 4.42. The lowest BCUT2D eigenvalue weighted by molar-refractivity contribution is -0.138. The Hall–Kier alpha value is -4.59. The van der Waals surface area contributed by atoms with Gasteiger partial charge in [0.05, 0.1) is 48.0 Å². The molecule has 8 nitrogen and oxygen atoms in total. The van der Waals surface area contributed by atoms with E-state index in [1.54, 1.807) is 44.2 Å². The number of methoxy groups -OCH3 is 1. The van der Waals surface area contributed by atoms with Gasteiger partial charge in [0, 0.05) is 18.4 Å². The van der Waals surface area contributed by atoms with Crippen molar-refractivity contribution in [2.24, 2.45) is 0 Å². The SMILES string of the molecule is CO/C=C/C(C)N1C(=O)N(c2cccc(C(F)(F)F)c2)CC(C)(c2ccnn2-c2ccc(C#N)cc2)C1=O. The Kier molecular flexibility index (Phi) is 7.00. The molecule has 196 valence electrons. The third-order valence-corrected chi connectivity index (χ3v) is 6.44. The molecule has 0 bridgehead atoms. The van der Waals surface area contributed by atoms with Gasteiger partial charge in [-0.25, -0.2) is 9.48 Å². The molecule has 38 heavy (non-hydrogen) atoms. The molecule has 2 atom stereocenters. The van der Waals surface area contributed by atoms with Gasteiger partial charge in [-0.3, -0.25) is 14.6 Å². The molecule has 2 aromatic carbocycles. The first kappa shape index (κ1) is 26.5. The highest BCUT2D eigenvalue weighted by atomic mass is 19.4. The first-order valence-corrected chi connectivity index (χ1v) is 11.6. The Balaban J connectivity index is 1.86. The monoisotopic (exact) mass is 523 g/mol. The van der Waals surface area contributed by atoms with Crippen molar-refractivity contribution in [3.05, 3.63) is 90.0 Å². The van der Waals surface area contributed by atoms with Gasteiger partial charge in [-0.2, -0.15) is 23.5 Å². The zero-order valence-electron chi connectivity index (χ0n) is 20.8. The number of hydrogen-bond donors (Lipinski definition) is 0. The standard InChI is InChI=1S/C27H24F3N5O3/c1-18(12-14-38-3)34-24(36)26(2,23-11-13-32-35(23)21-9-7-19(16-31)8-10-21)17-33(25(34)37)22-6-4-5-20(15-22)27(28,29)30/h4-15,18H,17H2,1-3H3/b14-12+. The molecule has 1 fully saturated rings. The highest BCUT2D eigenvalue weighted by molar-refractivity contribution is 6.10. The maximum atomic E-state index is 14.0. The van der Waals surface area contributed by atoms with Crippen LogP contribution in [0.5, 0.6) is 0 Å². The maximum Gasteiger partial charge on any atom is 0.416 e. The van der Waals surface area contributed by atoms with Gasteiger partial charge in [-0.1, -0.05) is 6.07 Å². The molecular weight excluding hydrogens is 499 g/mol. The summed E-state index contributed by atoms with van der Waals surface area (Å²) in [4.78, 5) is 29.8. The Morgan fingerprint density at radius 2 is 1.84 bits per heavy atom. The number of rotatable bonds is 6. The quantitative estimate of drug-likeness (QED) is 0.423. The number of alkyl halides is 3. The highest BCUT2D eigenvalue weighted by Crippen LogP contribution is 2.38. The Morgan fingerprint density at radius 1 is 1.13 bits per heavy atom. The lowest BCUT2D eigenvalue weighted by Gasteiger charge is -2.45. The summed E-state index contributed by atoms with van der Waals surface area (Å²) >= 11 is 0. The molecular formula is C27H24F3N5O3. The second-order valence-corrected chi connectivity index (χ2v) is 9.02. The summed E-state index contributed by atoms with van der Waals surface area (Å²) in [5.74, 6) is -0.547. The summed E-state index contributed by atoms with van der Waals surface area (Å²) in [6.45, 7) is 3.00. The van der Waals surface area contributed by atoms with Crippen molar-refractivity contribution in [2.45, 2.75) is 31.5 Å². The number of nitriles is 1. The van der Waals surface area contributed by atoms with E-state index in [2.05, 4.69) is 5.10 Å². The van der Waals surface area contributed by atoms with Crippen molar-refractivity contribution in [3.63, 3.8) is 0 Å². The predicted molar refractivity (Wildman–Crippen MR) is 132 cm³/mol. The van der Waals surface area contributed by atoms with E-state index in [0.717, 1.165) is 17.0 Å². The minimum atomic E-state index is -4.61. The van der Waals surface area contributed by atoms with Crippen LogP contribution in [0, 0.1) is 11.3 Å². The van der Waals surface area contributed by atoms with Crippen LogP contribution < -0.4 is 4.90 Å². The van der Waals surface area contributed by atoms with Gasteiger partial charge >= 0.3 is 12.2 Å². The minimum absolute atomic E-state index is 0.000842. The molecule has 0 saturated carbocycles. The average Bonchev–Trinajstić information content (AvgIpc) is 3.40. The Morgan fingerprint density at radius 3 is 2.47 bits per heavy atom. The van der Waals surface area contributed by atoms with Gasteiger partial charge in [-0.15, -0.1) is 0 Å². The number of carbonyl (C=O) groups excluding carboxylic acids is 2. The van der Waals surface area contributed by atoms with Crippen LogP contribution in [-0.2, 0) is 21.1 Å². The smallest absolute Gasteiger partial charge is 0.416 e. The molecule has 0 radical (unpaired) electrons. The van der Waals surface area contributed by atoms with E-state index in [1.807, 2.05) is 6.07 Å². The molecule has 0 N–H and O–H groups in total. The molecule has 2 unspecified atom stereocenters. The summed E-state index contributed by atoms with van der Waals surface area (Å²) in [6, 6.07) is 13.1. The van der Waals surface area contributed by atoms with Gasteiger partial charge < -0.3 is 4.74 Å². The first-order valence-electron chi connectivity index (χ1n) is 11.6. The largest absolute Gasteiger partial charge is 0.505 e. The number of hydrogen-bond acceptors (Lipinski definition) is 5. The zero-order valence-corrected chi connectivity index (χ0v) is 20.8. The van der Waals surface area contributed by atoms with E-state index in [0.29, 0.717) is 16.9 Å². The van der Waals surface area contributed by atoms with E-state index in [9.17, 15) is 22.8 Å². The maximum absolute atomic E-state index is 14.0. The summed E-state index contributed by atoms with van der Waals surface area (Å²) in [5, 5.41) is 13.5. The number of aromatic nitrogens is 2. The Labute approximate surface area is 217 Å². The molecule has 0 aliphatic carbocycles. The van der Waals surface area contributed by atoms with Crippen LogP contribution in [0.3, 0.4) is 0 Å². The molecule has 1 aliphatic heterocycles. The number of nitrogens with zero attached hydrogens (tertiary/aromatic N) is 5. The average molecular weight is 524 g/mol. The molecule has 3 aromatic rings. The van der Waals surface area contributed by atoms with Gasteiger partial charge in [0.2, 0.25) is 5.91 Å². The molecule has 1 aliphatic rings. The van der Waals surface area contributed by atoms with Crippen LogP contribution in [0.15, 0.2) is 73.1 Å². The molecule has 4 rings (SSSR count). The third kappa shape index (κ3) is 4.72. The van der Waals surface area contributed by atoms with Gasteiger partial charge in [0.1, 0.15) is 5.41 Å². The van der Waals surface area contributed by atoms with Crippen molar-refractivity contribution in [1.82, 2.24) is 14.7 Å². The van der Waals surface area contributed by atoms with Crippen molar-refractivity contribution < 1.29 is 27.5 Å². The Bertz CT molecular complexity index is 1420. The number of amides is 3. The highest BCUT2D eigenvalue weighted by Gasteiger charge is 2.52. The van der Waals surface area contributed by atoms with Gasteiger partial charge in [-0.05, 0) is 68.5 Å². The molecule has 0 spiro atoms. The normalized spacial score (nSPS) is 19.1. The summed E-state index contributed by atoms with van der Waals surface area (Å²) < 4.78 is 46.9. The number of halogens is 3. The zero-order chi connectivity index (χ0) is 27.7. The third-order valence-electron chi connectivity index (χ3n) is 6.44. The number of ether oxygens (including phenoxy) is 1. The van der Waals surface area contributed by atoms with Crippen molar-refractivity contribution in [2.75, 3.05) is 18.6 Å². The first-order chi connectivity index (χ1) is 18.0. The lowest BCUT2D eigenvalue weighted by atomic mass is 9.81. The lowest BCUT2D eigenvalue weighted by Crippen LogP contribution is -2.65. The number of urea groups is 1. The number of imide groups is 1. The van der Waals surface area contributed by atoms with Crippen molar-refractivity contribution in [1.29, 1.82) is 5.26 Å². The fourth-order valence-electron chi connectivity index (χ4n) is 4.42. The van der Waals surface area contributed by atoms with Crippen molar-refractivity contribution >= 4 is 17.6 Å². The topological polar surface area (TPSA) is 91.5 Å². The molecule has 1 aromatic heterocycles. The molecule has 11 heteroatoms. The second-order valence-electron chi connectivity index (χ2n) is 9.02. The molecule has 2 heterocycles.